The standard InChI is InChI=1S/C46H34Cl4N6/c47-35-21-23-37(39(49)29-35)45-51-41(31-13-5-1-6-14-31)43(33-17-9-3-10-18-33)55(45)53-25-27-54(28-26-53)56-44(34-19-11-4-12-20-34)42(32-15-7-2-8-16-32)52-46(56)38-24-22-36(48)30-40(38)50/h1-24,29-30H,25-28H2. The fourth-order valence-electron chi connectivity index (χ4n) is 7.46. The van der Waals surface area contributed by atoms with Crippen LogP contribution in [0.5, 0.6) is 0 Å². The van der Waals surface area contributed by atoms with Gasteiger partial charge in [0, 0.05) is 43.4 Å². The van der Waals surface area contributed by atoms with E-state index in [1.165, 1.54) is 0 Å². The van der Waals surface area contributed by atoms with Gasteiger partial charge in [-0.15, -0.1) is 0 Å². The van der Waals surface area contributed by atoms with Gasteiger partial charge in [-0.1, -0.05) is 168 Å². The third kappa shape index (κ3) is 6.84. The van der Waals surface area contributed by atoms with Crippen molar-refractivity contribution >= 4 is 46.4 Å². The third-order valence-corrected chi connectivity index (χ3v) is 11.1. The van der Waals surface area contributed by atoms with Crippen molar-refractivity contribution in [3.05, 3.63) is 178 Å². The third-order valence-electron chi connectivity index (χ3n) is 10.0. The summed E-state index contributed by atoms with van der Waals surface area (Å²) in [4.78, 5) is 10.7. The molecule has 0 N–H and O–H groups in total. The lowest BCUT2D eigenvalue weighted by atomic mass is 10.1. The predicted molar refractivity (Wildman–Crippen MR) is 233 cm³/mol. The van der Waals surface area contributed by atoms with E-state index < -0.39 is 0 Å². The first-order chi connectivity index (χ1) is 27.4. The summed E-state index contributed by atoms with van der Waals surface area (Å²) in [6.07, 6.45) is 0. The summed E-state index contributed by atoms with van der Waals surface area (Å²) in [6.45, 7) is 2.63. The lowest BCUT2D eigenvalue weighted by Crippen LogP contribution is -2.55. The Labute approximate surface area is 345 Å². The number of hydrogen-bond donors (Lipinski definition) is 0. The van der Waals surface area contributed by atoms with Gasteiger partial charge in [0.15, 0.2) is 11.6 Å². The van der Waals surface area contributed by atoms with Crippen molar-refractivity contribution < 1.29 is 0 Å². The van der Waals surface area contributed by atoms with Crippen LogP contribution in [0.15, 0.2) is 158 Å². The summed E-state index contributed by atoms with van der Waals surface area (Å²) in [5.74, 6) is 1.48. The summed E-state index contributed by atoms with van der Waals surface area (Å²) in [5, 5.41) is 6.93. The van der Waals surface area contributed by atoms with Crippen LogP contribution in [-0.4, -0.2) is 45.5 Å². The maximum atomic E-state index is 6.96. The van der Waals surface area contributed by atoms with Gasteiger partial charge in [-0.2, -0.15) is 0 Å². The molecule has 0 saturated carbocycles. The molecule has 1 saturated heterocycles. The lowest BCUT2D eigenvalue weighted by molar-refractivity contribution is 0.471. The molecule has 0 amide bonds. The van der Waals surface area contributed by atoms with E-state index in [0.717, 1.165) is 67.8 Å². The van der Waals surface area contributed by atoms with E-state index >= 15 is 0 Å². The smallest absolute Gasteiger partial charge is 0.161 e. The quantitative estimate of drug-likeness (QED) is 0.153. The number of rotatable bonds is 8. The molecular weight excluding hydrogens is 778 g/mol. The second-order valence-electron chi connectivity index (χ2n) is 13.5. The lowest BCUT2D eigenvalue weighted by Gasteiger charge is -2.40. The van der Waals surface area contributed by atoms with E-state index in [4.69, 9.17) is 56.4 Å². The average molecular weight is 813 g/mol. The van der Waals surface area contributed by atoms with Crippen molar-refractivity contribution in [2.75, 3.05) is 36.2 Å². The van der Waals surface area contributed by atoms with E-state index in [9.17, 15) is 0 Å². The Hall–Kier alpha value is -5.50. The maximum absolute atomic E-state index is 6.96. The Kier molecular flexibility index (Phi) is 10.0. The highest BCUT2D eigenvalue weighted by Gasteiger charge is 2.31. The van der Waals surface area contributed by atoms with Crippen molar-refractivity contribution in [1.82, 2.24) is 19.3 Å². The summed E-state index contributed by atoms with van der Waals surface area (Å²) in [5.41, 5.74) is 9.42. The summed E-state index contributed by atoms with van der Waals surface area (Å²) in [7, 11) is 0. The van der Waals surface area contributed by atoms with Gasteiger partial charge in [0.25, 0.3) is 0 Å². The van der Waals surface area contributed by atoms with Gasteiger partial charge in [-0.25, -0.2) is 19.3 Å². The molecule has 0 radical (unpaired) electrons. The number of imidazole rings is 2. The Morgan fingerprint density at radius 3 is 1.02 bits per heavy atom. The van der Waals surface area contributed by atoms with Crippen molar-refractivity contribution in [1.29, 1.82) is 0 Å². The highest BCUT2D eigenvalue weighted by Crippen LogP contribution is 2.41. The fourth-order valence-corrected chi connectivity index (χ4v) is 8.44. The zero-order chi connectivity index (χ0) is 38.2. The molecule has 0 atom stereocenters. The van der Waals surface area contributed by atoms with Crippen LogP contribution in [0.3, 0.4) is 0 Å². The molecule has 6 nitrogen and oxygen atoms in total. The molecule has 0 bridgehead atoms. The molecule has 1 aliphatic heterocycles. The van der Waals surface area contributed by atoms with Crippen molar-refractivity contribution in [3.8, 4) is 67.8 Å². The zero-order valence-corrected chi connectivity index (χ0v) is 33.1. The minimum absolute atomic E-state index is 0.533. The molecule has 0 spiro atoms. The highest BCUT2D eigenvalue weighted by molar-refractivity contribution is 6.37. The van der Waals surface area contributed by atoms with Crippen LogP contribution < -0.4 is 10.0 Å². The van der Waals surface area contributed by atoms with E-state index in [0.29, 0.717) is 46.3 Å². The van der Waals surface area contributed by atoms with Crippen molar-refractivity contribution in [3.63, 3.8) is 0 Å². The van der Waals surface area contributed by atoms with Gasteiger partial charge in [0.05, 0.1) is 59.0 Å². The van der Waals surface area contributed by atoms with Gasteiger partial charge in [0.2, 0.25) is 0 Å². The SMILES string of the molecule is Clc1ccc(-c2nc(-c3ccccc3)c(-c3ccccc3)n2N2CCN(n3c(-c4ccc(Cl)cc4Cl)nc(-c4ccccc4)c3-c3ccccc3)CC2)c(Cl)c1. The number of aromatic nitrogens is 4. The molecule has 0 unspecified atom stereocenters. The predicted octanol–water partition coefficient (Wildman–Crippen LogP) is 12.3. The molecule has 1 aliphatic rings. The molecule has 6 aromatic carbocycles. The van der Waals surface area contributed by atoms with Gasteiger partial charge in [-0.05, 0) is 36.4 Å². The van der Waals surface area contributed by atoms with Gasteiger partial charge >= 0.3 is 0 Å². The molecule has 8 aromatic rings. The summed E-state index contributed by atoms with van der Waals surface area (Å²) in [6, 6.07) is 52.6. The minimum Gasteiger partial charge on any atom is -0.307 e. The maximum Gasteiger partial charge on any atom is 0.161 e. The van der Waals surface area contributed by atoms with Gasteiger partial charge < -0.3 is 10.0 Å². The number of halogens is 4. The van der Waals surface area contributed by atoms with E-state index in [-0.39, 0.29) is 0 Å². The summed E-state index contributed by atoms with van der Waals surface area (Å²) >= 11 is 26.8. The number of piperazine rings is 1. The van der Waals surface area contributed by atoms with Crippen LogP contribution in [0, 0.1) is 0 Å². The fraction of sp³-hybridized carbons (Fsp3) is 0.0870. The average Bonchev–Trinajstić information content (AvgIpc) is 3.83. The molecule has 9 rings (SSSR count). The second-order valence-corrected chi connectivity index (χ2v) is 15.2. The van der Waals surface area contributed by atoms with Gasteiger partial charge in [-0.3, -0.25) is 0 Å². The van der Waals surface area contributed by atoms with Gasteiger partial charge in [0.1, 0.15) is 0 Å². The molecule has 1 fully saturated rings. The Bertz CT molecular complexity index is 2450. The Balaban J connectivity index is 1.20. The highest BCUT2D eigenvalue weighted by atomic mass is 35.5. The van der Waals surface area contributed by atoms with Crippen LogP contribution in [0.1, 0.15) is 0 Å². The molecule has 3 heterocycles. The number of nitrogens with zero attached hydrogens (tertiary/aromatic N) is 6. The zero-order valence-electron chi connectivity index (χ0n) is 30.0. The van der Waals surface area contributed by atoms with Crippen LogP contribution in [0.4, 0.5) is 0 Å². The van der Waals surface area contributed by atoms with E-state index in [1.54, 1.807) is 12.1 Å². The molecule has 10 heteroatoms. The molecule has 0 aliphatic carbocycles. The monoisotopic (exact) mass is 810 g/mol. The number of hydrogen-bond acceptors (Lipinski definition) is 4. The van der Waals surface area contributed by atoms with Crippen LogP contribution in [0.25, 0.3) is 67.8 Å². The normalized spacial score (nSPS) is 13.0. The largest absolute Gasteiger partial charge is 0.307 e. The Morgan fingerprint density at radius 2 is 0.696 bits per heavy atom. The first-order valence-corrected chi connectivity index (χ1v) is 19.8. The van der Waals surface area contributed by atoms with E-state index in [1.807, 2.05) is 72.8 Å². The first-order valence-electron chi connectivity index (χ1n) is 18.3. The molecule has 56 heavy (non-hydrogen) atoms. The van der Waals surface area contributed by atoms with Crippen LogP contribution in [0.2, 0.25) is 20.1 Å². The topological polar surface area (TPSA) is 42.1 Å². The van der Waals surface area contributed by atoms with Crippen molar-refractivity contribution in [2.45, 2.75) is 0 Å². The second kappa shape index (κ2) is 15.6. The minimum atomic E-state index is 0.533. The van der Waals surface area contributed by atoms with Crippen LogP contribution in [-0.2, 0) is 0 Å². The Morgan fingerprint density at radius 1 is 0.375 bits per heavy atom. The molecule has 276 valence electrons. The van der Waals surface area contributed by atoms with E-state index in [2.05, 4.69) is 92.2 Å². The summed E-state index contributed by atoms with van der Waals surface area (Å²) < 4.78 is 4.50. The molecule has 2 aromatic heterocycles. The van der Waals surface area contributed by atoms with Crippen LogP contribution >= 0.6 is 46.4 Å². The molecular formula is C46H34Cl4N6. The van der Waals surface area contributed by atoms with Crippen molar-refractivity contribution in [2.24, 2.45) is 0 Å². The first kappa shape index (κ1) is 36.2. The number of benzene rings is 6.